The van der Waals surface area contributed by atoms with E-state index in [1.54, 1.807) is 24.3 Å². The lowest BCUT2D eigenvalue weighted by Gasteiger charge is -2.31. The number of nitrogens with one attached hydrogen (secondary N) is 1. The lowest BCUT2D eigenvalue weighted by atomic mass is 9.88. The van der Waals surface area contributed by atoms with Crippen molar-refractivity contribution in [1.82, 2.24) is 9.62 Å². The molecule has 1 heterocycles. The molecule has 0 aliphatic heterocycles. The van der Waals surface area contributed by atoms with Gasteiger partial charge in [-0.15, -0.1) is 11.3 Å². The van der Waals surface area contributed by atoms with Crippen molar-refractivity contribution in [2.75, 3.05) is 20.1 Å². The number of hydrogen-bond acceptors (Lipinski definition) is 6. The summed E-state index contributed by atoms with van der Waals surface area (Å²) in [5.74, 6) is -0.385. The first-order valence-corrected chi connectivity index (χ1v) is 15.5. The summed E-state index contributed by atoms with van der Waals surface area (Å²) < 4.78 is 28.1. The van der Waals surface area contributed by atoms with Gasteiger partial charge >= 0.3 is 5.97 Å². The smallest absolute Gasteiger partial charge is 0.307 e. The number of hydrogen-bond donors (Lipinski definition) is 3. The summed E-state index contributed by atoms with van der Waals surface area (Å²) in [5, 5.41) is 23.1. The SMILES string of the molecule is CN(C[C@H](O)CNC(C)(C)CC1Cc2ccccc2C1)S(=O)(=O)c1cc(-c2ccc(CC(=O)O)cc2)c(Cl)s1. The molecule has 1 aliphatic rings. The molecular formula is C29H35ClN2O5S2. The molecule has 0 radical (unpaired) electrons. The van der Waals surface area contributed by atoms with Crippen LogP contribution in [0.5, 0.6) is 0 Å². The fourth-order valence-electron chi connectivity index (χ4n) is 5.24. The van der Waals surface area contributed by atoms with Gasteiger partial charge in [-0.1, -0.05) is 60.1 Å². The van der Waals surface area contributed by atoms with Crippen LogP contribution in [0.4, 0.5) is 0 Å². The molecule has 10 heteroatoms. The van der Waals surface area contributed by atoms with E-state index in [2.05, 4.69) is 43.4 Å². The molecule has 0 bridgehead atoms. The Labute approximate surface area is 239 Å². The summed E-state index contributed by atoms with van der Waals surface area (Å²) in [6.45, 7) is 4.44. The minimum atomic E-state index is -3.87. The van der Waals surface area contributed by atoms with E-state index < -0.39 is 22.1 Å². The molecule has 4 rings (SSSR count). The van der Waals surface area contributed by atoms with E-state index >= 15 is 0 Å². The Hall–Kier alpha value is -2.27. The number of sulfonamides is 1. The van der Waals surface area contributed by atoms with Crippen LogP contribution in [0.2, 0.25) is 4.34 Å². The van der Waals surface area contributed by atoms with Crippen molar-refractivity contribution in [3.63, 3.8) is 0 Å². The van der Waals surface area contributed by atoms with Crippen LogP contribution in [0.25, 0.3) is 11.1 Å². The molecule has 0 saturated carbocycles. The second kappa shape index (κ2) is 12.1. The molecule has 0 unspecified atom stereocenters. The monoisotopic (exact) mass is 590 g/mol. The van der Waals surface area contributed by atoms with Gasteiger partial charge in [-0.3, -0.25) is 4.79 Å². The van der Waals surface area contributed by atoms with E-state index in [0.717, 1.165) is 34.9 Å². The summed E-state index contributed by atoms with van der Waals surface area (Å²) in [6.07, 6.45) is 2.09. The Morgan fingerprint density at radius 1 is 1.15 bits per heavy atom. The number of benzene rings is 2. The highest BCUT2D eigenvalue weighted by atomic mass is 35.5. The van der Waals surface area contributed by atoms with E-state index in [4.69, 9.17) is 16.7 Å². The predicted molar refractivity (Wildman–Crippen MR) is 156 cm³/mol. The molecule has 1 atom stereocenters. The molecule has 1 aromatic heterocycles. The Morgan fingerprint density at radius 3 is 2.36 bits per heavy atom. The molecule has 2 aromatic carbocycles. The number of aliphatic hydroxyl groups excluding tert-OH is 1. The van der Waals surface area contributed by atoms with Gasteiger partial charge < -0.3 is 15.5 Å². The van der Waals surface area contributed by atoms with Gasteiger partial charge in [0.15, 0.2) is 0 Å². The standard InChI is InChI=1S/C29H35ClN2O5S2/c1-29(2,16-20-12-22-6-4-5-7-23(22)13-20)31-17-24(33)18-32(3)39(36,37)27-15-25(28(30)38-27)21-10-8-19(9-11-21)14-26(34)35/h4-11,15,20,24,31,33H,12-14,16-18H2,1-3H3,(H,34,35)/t24-/m1/s1. The maximum atomic E-state index is 13.3. The topological polar surface area (TPSA) is 107 Å². The van der Waals surface area contributed by atoms with Gasteiger partial charge in [-0.2, -0.15) is 4.31 Å². The van der Waals surface area contributed by atoms with Crippen molar-refractivity contribution in [2.45, 2.75) is 55.4 Å². The molecule has 0 saturated heterocycles. The first-order chi connectivity index (χ1) is 18.3. The van der Waals surface area contributed by atoms with Crippen LogP contribution in [0.1, 0.15) is 37.0 Å². The number of β-amino-alcohol motifs (C(OH)–C–C–N with tert-alkyl or cyclic N) is 1. The van der Waals surface area contributed by atoms with Gasteiger partial charge in [0.2, 0.25) is 0 Å². The lowest BCUT2D eigenvalue weighted by molar-refractivity contribution is -0.136. The molecule has 0 spiro atoms. The average Bonchev–Trinajstić information content (AvgIpc) is 3.45. The Morgan fingerprint density at radius 2 is 1.77 bits per heavy atom. The Kier molecular flexibility index (Phi) is 9.20. The minimum absolute atomic E-state index is 0.0605. The van der Waals surface area contributed by atoms with E-state index in [1.807, 2.05) is 0 Å². The second-order valence-corrected chi connectivity index (χ2v) is 14.9. The molecule has 39 heavy (non-hydrogen) atoms. The van der Waals surface area contributed by atoms with Crippen molar-refractivity contribution in [3.8, 4) is 11.1 Å². The molecule has 0 amide bonds. The number of aliphatic hydroxyl groups is 1. The quantitative estimate of drug-likeness (QED) is 0.278. The third-order valence-corrected chi connectivity index (χ3v) is 10.8. The van der Waals surface area contributed by atoms with E-state index in [9.17, 15) is 18.3 Å². The van der Waals surface area contributed by atoms with Crippen LogP contribution >= 0.6 is 22.9 Å². The number of nitrogens with zero attached hydrogens (tertiary/aromatic N) is 1. The van der Waals surface area contributed by atoms with Crippen molar-refractivity contribution in [3.05, 3.63) is 75.6 Å². The molecule has 7 nitrogen and oxygen atoms in total. The van der Waals surface area contributed by atoms with Crippen LogP contribution in [-0.2, 0) is 34.1 Å². The summed E-state index contributed by atoms with van der Waals surface area (Å²) in [4.78, 5) is 10.9. The average molecular weight is 591 g/mol. The first kappa shape index (κ1) is 29.7. The van der Waals surface area contributed by atoms with Crippen LogP contribution in [0, 0.1) is 5.92 Å². The number of fused-ring (bicyclic) bond motifs is 1. The predicted octanol–water partition coefficient (Wildman–Crippen LogP) is 4.85. The van der Waals surface area contributed by atoms with Crippen molar-refractivity contribution >= 4 is 38.9 Å². The van der Waals surface area contributed by atoms with E-state index in [0.29, 0.717) is 26.9 Å². The largest absolute Gasteiger partial charge is 0.481 e. The fourth-order valence-corrected chi connectivity index (χ4v) is 8.43. The molecule has 0 fully saturated rings. The number of halogens is 1. The zero-order chi connectivity index (χ0) is 28.4. The van der Waals surface area contributed by atoms with Gasteiger partial charge in [0.05, 0.1) is 12.5 Å². The number of thiophene rings is 1. The molecule has 3 aromatic rings. The van der Waals surface area contributed by atoms with Gasteiger partial charge in [-0.05, 0) is 67.3 Å². The summed E-state index contributed by atoms with van der Waals surface area (Å²) in [6, 6.07) is 16.9. The van der Waals surface area contributed by atoms with Crippen LogP contribution in [0.3, 0.4) is 0 Å². The minimum Gasteiger partial charge on any atom is -0.481 e. The van der Waals surface area contributed by atoms with Gasteiger partial charge in [0.1, 0.15) is 8.55 Å². The van der Waals surface area contributed by atoms with Crippen molar-refractivity contribution in [2.24, 2.45) is 5.92 Å². The Bertz CT molecular complexity index is 1390. The Balaban J connectivity index is 1.33. The van der Waals surface area contributed by atoms with Crippen molar-refractivity contribution in [1.29, 1.82) is 0 Å². The van der Waals surface area contributed by atoms with Crippen LogP contribution < -0.4 is 5.32 Å². The van der Waals surface area contributed by atoms with Gasteiger partial charge in [-0.25, -0.2) is 8.42 Å². The third-order valence-electron chi connectivity index (χ3n) is 7.17. The number of rotatable bonds is 12. The molecular weight excluding hydrogens is 556 g/mol. The van der Waals surface area contributed by atoms with E-state index in [-0.39, 0.29) is 29.3 Å². The zero-order valence-corrected chi connectivity index (χ0v) is 24.7. The highest BCUT2D eigenvalue weighted by molar-refractivity contribution is 7.91. The number of carbonyl (C=O) groups is 1. The van der Waals surface area contributed by atoms with E-state index in [1.165, 1.54) is 24.2 Å². The molecule has 3 N–H and O–H groups in total. The number of aliphatic carboxylic acids is 1. The first-order valence-electron chi connectivity index (χ1n) is 12.9. The normalized spacial score (nSPS) is 15.0. The number of likely N-dealkylation sites (N-methyl/N-ethyl adjacent to an activating group) is 1. The van der Waals surface area contributed by atoms with Gasteiger partial charge in [0.25, 0.3) is 10.0 Å². The highest BCUT2D eigenvalue weighted by Crippen LogP contribution is 2.39. The highest BCUT2D eigenvalue weighted by Gasteiger charge is 2.30. The number of carboxylic acid groups (broad SMARTS) is 1. The maximum absolute atomic E-state index is 13.3. The fraction of sp³-hybridized carbons (Fsp3) is 0.414. The lowest BCUT2D eigenvalue weighted by Crippen LogP contribution is -2.47. The molecule has 210 valence electrons. The summed E-state index contributed by atoms with van der Waals surface area (Å²) in [5.41, 5.74) is 4.53. The van der Waals surface area contributed by atoms with Crippen molar-refractivity contribution < 1.29 is 23.4 Å². The maximum Gasteiger partial charge on any atom is 0.307 e. The number of carboxylic acids is 1. The zero-order valence-electron chi connectivity index (χ0n) is 22.4. The summed E-state index contributed by atoms with van der Waals surface area (Å²) in [7, 11) is -2.42. The van der Waals surface area contributed by atoms with Crippen LogP contribution in [0.15, 0.2) is 58.8 Å². The second-order valence-electron chi connectivity index (χ2n) is 11.0. The van der Waals surface area contributed by atoms with Crippen LogP contribution in [-0.4, -0.2) is 60.7 Å². The van der Waals surface area contributed by atoms with Gasteiger partial charge in [0, 0.05) is 31.2 Å². The summed E-state index contributed by atoms with van der Waals surface area (Å²) >= 11 is 7.36. The molecule has 1 aliphatic carbocycles. The third kappa shape index (κ3) is 7.48.